The van der Waals surface area contributed by atoms with Crippen molar-refractivity contribution in [2.45, 2.75) is 33.1 Å². The minimum atomic E-state index is -2.94. The van der Waals surface area contributed by atoms with Crippen molar-refractivity contribution in [1.82, 2.24) is 0 Å². The summed E-state index contributed by atoms with van der Waals surface area (Å²) in [5, 5.41) is 0.929. The van der Waals surface area contributed by atoms with Crippen molar-refractivity contribution in [3.63, 3.8) is 0 Å². The van der Waals surface area contributed by atoms with Crippen LogP contribution in [0.2, 0.25) is 0 Å². The van der Waals surface area contributed by atoms with Crippen molar-refractivity contribution in [1.29, 1.82) is 0 Å². The van der Waals surface area contributed by atoms with Gasteiger partial charge in [-0.05, 0) is 42.2 Å². The number of alkyl halides is 2. The van der Waals surface area contributed by atoms with Gasteiger partial charge < -0.3 is 4.74 Å². The van der Waals surface area contributed by atoms with Crippen LogP contribution in [0.3, 0.4) is 0 Å². The Kier molecular flexibility index (Phi) is 5.61. The Labute approximate surface area is 180 Å². The molecule has 4 rings (SSSR count). The predicted molar refractivity (Wildman–Crippen MR) is 122 cm³/mol. The summed E-state index contributed by atoms with van der Waals surface area (Å²) in [5.74, 6) is -1.03. The lowest BCUT2D eigenvalue weighted by Crippen LogP contribution is -2.08. The third-order valence-corrected chi connectivity index (χ3v) is 6.17. The zero-order valence-corrected chi connectivity index (χ0v) is 18.1. The average Bonchev–Trinajstić information content (AvgIpc) is 3.07. The maximum absolute atomic E-state index is 14.3. The quantitative estimate of drug-likeness (QED) is 0.302. The highest BCUT2D eigenvalue weighted by molar-refractivity contribution is 7.22. The summed E-state index contributed by atoms with van der Waals surface area (Å²) in [4.78, 5) is 0.722. The highest BCUT2D eigenvalue weighted by atomic mass is 32.1. The molecule has 1 aromatic heterocycles. The number of rotatable bonds is 6. The topological polar surface area (TPSA) is 9.23 Å². The smallest absolute Gasteiger partial charge is 0.271 e. The Hall–Kier alpha value is -2.72. The number of hydrogen-bond acceptors (Lipinski definition) is 2. The fraction of sp³-hybridized carbons (Fsp3) is 0.231. The number of benzene rings is 3. The molecule has 154 valence electrons. The van der Waals surface area contributed by atoms with Gasteiger partial charge in [0.1, 0.15) is 5.75 Å². The minimum Gasteiger partial charge on any atom is -0.455 e. The number of hydrogen-bond donors (Lipinski definition) is 0. The van der Waals surface area contributed by atoms with Crippen LogP contribution in [-0.2, 0) is 12.3 Å². The second kappa shape index (κ2) is 8.19. The molecule has 0 spiro atoms. The highest BCUT2D eigenvalue weighted by Gasteiger charge is 2.30. The molecule has 30 heavy (non-hydrogen) atoms. The number of halogens is 2. The number of ether oxygens (including phenoxy) is 1. The summed E-state index contributed by atoms with van der Waals surface area (Å²) in [7, 11) is 0. The van der Waals surface area contributed by atoms with Crippen LogP contribution in [0, 0.1) is 5.92 Å². The van der Waals surface area contributed by atoms with E-state index in [9.17, 15) is 8.78 Å². The van der Waals surface area contributed by atoms with E-state index in [0.717, 1.165) is 28.3 Å². The molecule has 0 aliphatic heterocycles. The van der Waals surface area contributed by atoms with E-state index in [-0.39, 0.29) is 5.56 Å². The van der Waals surface area contributed by atoms with Gasteiger partial charge in [0.05, 0.1) is 4.88 Å². The number of fused-ring (bicyclic) bond motifs is 1. The van der Waals surface area contributed by atoms with Gasteiger partial charge in [0.25, 0.3) is 5.92 Å². The molecule has 0 saturated heterocycles. The molecule has 0 aliphatic carbocycles. The van der Waals surface area contributed by atoms with Crippen LogP contribution in [0.1, 0.15) is 31.9 Å². The van der Waals surface area contributed by atoms with E-state index in [0.29, 0.717) is 23.0 Å². The van der Waals surface area contributed by atoms with Gasteiger partial charge in [-0.1, -0.05) is 62.4 Å². The first-order valence-electron chi connectivity index (χ1n) is 10.1. The summed E-state index contributed by atoms with van der Waals surface area (Å²) in [6, 6.07) is 22.6. The van der Waals surface area contributed by atoms with Gasteiger partial charge in [0.2, 0.25) is 0 Å². The molecule has 0 bridgehead atoms. The standard InChI is InChI=1S/C26H24F2OS/c1-17(2)16-18-12-14-19(15-13-18)29-24-21-9-5-7-11-23(21)30-25(24)20-8-4-6-10-22(20)26(3,27)28/h4-15,17H,16H2,1-3H3. The van der Waals surface area contributed by atoms with Crippen LogP contribution in [0.5, 0.6) is 11.5 Å². The van der Waals surface area contributed by atoms with Crippen molar-refractivity contribution in [3.05, 3.63) is 83.9 Å². The van der Waals surface area contributed by atoms with Gasteiger partial charge in [-0.15, -0.1) is 11.3 Å². The minimum absolute atomic E-state index is 0.00804. The SMILES string of the molecule is CC(C)Cc1ccc(Oc2c(-c3ccccc3C(C)(F)F)sc3ccccc23)cc1. The molecular formula is C26H24F2OS. The maximum Gasteiger partial charge on any atom is 0.271 e. The molecule has 0 aliphatic rings. The Morgan fingerprint density at radius 3 is 2.27 bits per heavy atom. The average molecular weight is 423 g/mol. The van der Waals surface area contributed by atoms with Crippen molar-refractivity contribution in [2.75, 3.05) is 0 Å². The van der Waals surface area contributed by atoms with Crippen LogP contribution in [0.25, 0.3) is 20.5 Å². The molecular weight excluding hydrogens is 398 g/mol. The molecule has 0 saturated carbocycles. The summed E-state index contributed by atoms with van der Waals surface area (Å²) in [5.41, 5.74) is 1.77. The summed E-state index contributed by atoms with van der Waals surface area (Å²) in [6.45, 7) is 5.32. The van der Waals surface area contributed by atoms with Gasteiger partial charge in [-0.25, -0.2) is 8.78 Å². The second-order valence-corrected chi connectivity index (χ2v) is 9.09. The third-order valence-electron chi connectivity index (χ3n) is 4.98. The van der Waals surface area contributed by atoms with Crippen LogP contribution >= 0.6 is 11.3 Å². The van der Waals surface area contributed by atoms with Crippen LogP contribution in [-0.4, -0.2) is 0 Å². The van der Waals surface area contributed by atoms with E-state index >= 15 is 0 Å². The van der Waals surface area contributed by atoms with Crippen molar-refractivity contribution in [2.24, 2.45) is 5.92 Å². The molecule has 1 nitrogen and oxygen atoms in total. The van der Waals surface area contributed by atoms with Crippen molar-refractivity contribution >= 4 is 21.4 Å². The molecule has 0 atom stereocenters. The van der Waals surface area contributed by atoms with E-state index in [1.54, 1.807) is 18.2 Å². The Morgan fingerprint density at radius 1 is 0.900 bits per heavy atom. The summed E-state index contributed by atoms with van der Waals surface area (Å²) in [6.07, 6.45) is 1.01. The number of thiophene rings is 1. The fourth-order valence-electron chi connectivity index (χ4n) is 3.65. The van der Waals surface area contributed by atoms with Crippen LogP contribution in [0.4, 0.5) is 8.78 Å². The Bertz CT molecular complexity index is 1150. The molecule has 3 aromatic carbocycles. The molecule has 0 amide bonds. The largest absolute Gasteiger partial charge is 0.455 e. The fourth-order valence-corrected chi connectivity index (χ4v) is 4.82. The molecule has 4 heteroatoms. The van der Waals surface area contributed by atoms with E-state index in [4.69, 9.17) is 4.74 Å². The Morgan fingerprint density at radius 2 is 1.57 bits per heavy atom. The normalized spacial score (nSPS) is 11.9. The molecule has 1 heterocycles. The van der Waals surface area contributed by atoms with Gasteiger partial charge in [-0.3, -0.25) is 0 Å². The third kappa shape index (κ3) is 4.24. The van der Waals surface area contributed by atoms with Crippen molar-refractivity contribution in [3.8, 4) is 21.9 Å². The van der Waals surface area contributed by atoms with E-state index in [2.05, 4.69) is 26.0 Å². The van der Waals surface area contributed by atoms with Gasteiger partial charge in [0.15, 0.2) is 5.75 Å². The zero-order chi connectivity index (χ0) is 21.3. The second-order valence-electron chi connectivity index (χ2n) is 8.03. The summed E-state index contributed by atoms with van der Waals surface area (Å²) < 4.78 is 36.0. The van der Waals surface area contributed by atoms with E-state index in [1.807, 2.05) is 36.4 Å². The first-order valence-corrected chi connectivity index (χ1v) is 10.9. The molecule has 0 N–H and O–H groups in total. The monoisotopic (exact) mass is 422 g/mol. The van der Waals surface area contributed by atoms with Crippen LogP contribution < -0.4 is 4.74 Å². The lowest BCUT2D eigenvalue weighted by atomic mass is 10.0. The zero-order valence-electron chi connectivity index (χ0n) is 17.3. The summed E-state index contributed by atoms with van der Waals surface area (Å²) >= 11 is 1.48. The molecule has 0 unspecified atom stereocenters. The Balaban J connectivity index is 1.81. The van der Waals surface area contributed by atoms with E-state index in [1.165, 1.54) is 23.0 Å². The molecule has 4 aromatic rings. The van der Waals surface area contributed by atoms with Crippen molar-refractivity contribution < 1.29 is 13.5 Å². The van der Waals surface area contributed by atoms with Gasteiger partial charge >= 0.3 is 0 Å². The first-order chi connectivity index (χ1) is 14.3. The van der Waals surface area contributed by atoms with E-state index < -0.39 is 5.92 Å². The van der Waals surface area contributed by atoms with Crippen LogP contribution in [0.15, 0.2) is 72.8 Å². The molecule has 0 radical (unpaired) electrons. The van der Waals surface area contributed by atoms with Gasteiger partial charge in [0, 0.05) is 28.1 Å². The first kappa shape index (κ1) is 20.5. The maximum atomic E-state index is 14.3. The lowest BCUT2D eigenvalue weighted by molar-refractivity contribution is 0.0181. The molecule has 0 fully saturated rings. The lowest BCUT2D eigenvalue weighted by Gasteiger charge is -2.16. The van der Waals surface area contributed by atoms with Gasteiger partial charge in [-0.2, -0.15) is 0 Å². The highest BCUT2D eigenvalue weighted by Crippen LogP contribution is 2.49. The predicted octanol–water partition coefficient (Wildman–Crippen LogP) is 8.67.